The van der Waals surface area contributed by atoms with Gasteiger partial charge in [-0.15, -0.1) is 0 Å². The Morgan fingerprint density at radius 1 is 1.53 bits per heavy atom. The van der Waals surface area contributed by atoms with Crippen LogP contribution in [0.15, 0.2) is 29.2 Å². The Balaban J connectivity index is 1.78. The number of rotatable bonds is 5. The molecular weight excluding hydrogens is 188 g/mol. The van der Waals surface area contributed by atoms with Gasteiger partial charge in [-0.3, -0.25) is 4.79 Å². The molecule has 0 saturated heterocycles. The van der Waals surface area contributed by atoms with Crippen LogP contribution in [0.25, 0.3) is 0 Å². The highest BCUT2D eigenvalue weighted by Crippen LogP contribution is 2.32. The Morgan fingerprint density at radius 3 is 3.00 bits per heavy atom. The van der Waals surface area contributed by atoms with Crippen molar-refractivity contribution in [3.05, 3.63) is 34.7 Å². The average molecular weight is 206 g/mol. The lowest BCUT2D eigenvalue weighted by Gasteiger charge is -2.13. The molecule has 82 valence electrons. The number of pyridine rings is 1. The summed E-state index contributed by atoms with van der Waals surface area (Å²) < 4.78 is 1.74. The summed E-state index contributed by atoms with van der Waals surface area (Å²) in [5.74, 6) is 0.873. The van der Waals surface area contributed by atoms with E-state index in [0.29, 0.717) is 6.04 Å². The second kappa shape index (κ2) is 4.62. The standard InChI is InChI=1S/C12H18N2O/c1-10(11-5-6-11)13-7-9-14-8-3-2-4-12(14)15/h2-4,8,10-11,13H,5-7,9H2,1H3. The highest BCUT2D eigenvalue weighted by Gasteiger charge is 2.27. The highest BCUT2D eigenvalue weighted by molar-refractivity contribution is 4.93. The maximum atomic E-state index is 11.4. The van der Waals surface area contributed by atoms with E-state index in [1.54, 1.807) is 16.7 Å². The Labute approximate surface area is 90.1 Å². The van der Waals surface area contributed by atoms with Gasteiger partial charge < -0.3 is 9.88 Å². The third kappa shape index (κ3) is 2.93. The van der Waals surface area contributed by atoms with Gasteiger partial charge in [0.2, 0.25) is 0 Å². The molecule has 0 aliphatic heterocycles. The summed E-state index contributed by atoms with van der Waals surface area (Å²) in [5, 5.41) is 3.46. The maximum absolute atomic E-state index is 11.4. The summed E-state index contributed by atoms with van der Waals surface area (Å²) in [6, 6.07) is 5.87. The zero-order valence-corrected chi connectivity index (χ0v) is 9.15. The Hall–Kier alpha value is -1.09. The lowest BCUT2D eigenvalue weighted by Crippen LogP contribution is -2.33. The molecule has 1 unspecified atom stereocenters. The summed E-state index contributed by atoms with van der Waals surface area (Å²) in [5.41, 5.74) is 0.0818. The van der Waals surface area contributed by atoms with Gasteiger partial charge in [0.25, 0.3) is 5.56 Å². The molecule has 0 amide bonds. The molecule has 1 N–H and O–H groups in total. The van der Waals surface area contributed by atoms with E-state index in [2.05, 4.69) is 12.2 Å². The van der Waals surface area contributed by atoms with Gasteiger partial charge in [0.1, 0.15) is 0 Å². The van der Waals surface area contributed by atoms with Crippen molar-refractivity contribution in [3.63, 3.8) is 0 Å². The molecule has 0 bridgehead atoms. The van der Waals surface area contributed by atoms with Gasteiger partial charge in [-0.25, -0.2) is 0 Å². The van der Waals surface area contributed by atoms with Crippen LogP contribution in [0.4, 0.5) is 0 Å². The molecule has 1 saturated carbocycles. The Bertz CT molecular complexity index is 368. The third-order valence-electron chi connectivity index (χ3n) is 3.05. The molecule has 15 heavy (non-hydrogen) atoms. The smallest absolute Gasteiger partial charge is 0.250 e. The number of hydrogen-bond acceptors (Lipinski definition) is 2. The molecule has 2 rings (SSSR count). The number of hydrogen-bond donors (Lipinski definition) is 1. The van der Waals surface area contributed by atoms with Crippen molar-refractivity contribution in [3.8, 4) is 0 Å². The monoisotopic (exact) mass is 206 g/mol. The normalized spacial score (nSPS) is 17.7. The maximum Gasteiger partial charge on any atom is 0.250 e. The molecule has 1 aromatic rings. The van der Waals surface area contributed by atoms with E-state index in [1.807, 2.05) is 12.3 Å². The predicted octanol–water partition coefficient (Wildman–Crippen LogP) is 1.24. The lowest BCUT2D eigenvalue weighted by atomic mass is 10.2. The first-order valence-corrected chi connectivity index (χ1v) is 5.66. The molecule has 1 aliphatic rings. The second-order valence-electron chi connectivity index (χ2n) is 4.31. The minimum absolute atomic E-state index is 0.0818. The van der Waals surface area contributed by atoms with E-state index >= 15 is 0 Å². The van der Waals surface area contributed by atoms with Gasteiger partial charge in [0, 0.05) is 31.4 Å². The van der Waals surface area contributed by atoms with Crippen LogP contribution >= 0.6 is 0 Å². The summed E-state index contributed by atoms with van der Waals surface area (Å²) >= 11 is 0. The van der Waals surface area contributed by atoms with Crippen molar-refractivity contribution in [2.75, 3.05) is 6.54 Å². The van der Waals surface area contributed by atoms with Gasteiger partial charge in [-0.05, 0) is 31.7 Å². The number of aromatic nitrogens is 1. The van der Waals surface area contributed by atoms with Gasteiger partial charge >= 0.3 is 0 Å². The van der Waals surface area contributed by atoms with E-state index < -0.39 is 0 Å². The first-order valence-electron chi connectivity index (χ1n) is 5.66. The lowest BCUT2D eigenvalue weighted by molar-refractivity contribution is 0.472. The summed E-state index contributed by atoms with van der Waals surface area (Å²) in [6.45, 7) is 3.86. The average Bonchev–Trinajstić information content (AvgIpc) is 3.04. The quantitative estimate of drug-likeness (QED) is 0.786. The fourth-order valence-corrected chi connectivity index (χ4v) is 1.82. The fraction of sp³-hybridized carbons (Fsp3) is 0.583. The van der Waals surface area contributed by atoms with Gasteiger partial charge in [-0.2, -0.15) is 0 Å². The van der Waals surface area contributed by atoms with Crippen LogP contribution in [-0.4, -0.2) is 17.2 Å². The Kier molecular flexibility index (Phi) is 3.21. The van der Waals surface area contributed by atoms with Crippen LogP contribution in [0.2, 0.25) is 0 Å². The van der Waals surface area contributed by atoms with Crippen molar-refractivity contribution in [2.45, 2.75) is 32.4 Å². The highest BCUT2D eigenvalue weighted by atomic mass is 16.1. The van der Waals surface area contributed by atoms with E-state index in [9.17, 15) is 4.79 Å². The van der Waals surface area contributed by atoms with Crippen molar-refractivity contribution >= 4 is 0 Å². The zero-order chi connectivity index (χ0) is 10.7. The molecule has 1 heterocycles. The Morgan fingerprint density at radius 2 is 2.33 bits per heavy atom. The van der Waals surface area contributed by atoms with E-state index in [4.69, 9.17) is 0 Å². The predicted molar refractivity (Wildman–Crippen MR) is 60.9 cm³/mol. The molecule has 1 aliphatic carbocycles. The minimum Gasteiger partial charge on any atom is -0.314 e. The topological polar surface area (TPSA) is 34.0 Å². The molecule has 1 fully saturated rings. The first kappa shape index (κ1) is 10.4. The van der Waals surface area contributed by atoms with Gasteiger partial charge in [-0.1, -0.05) is 6.07 Å². The van der Waals surface area contributed by atoms with Crippen LogP contribution in [0.5, 0.6) is 0 Å². The van der Waals surface area contributed by atoms with Crippen LogP contribution in [0.3, 0.4) is 0 Å². The molecule has 0 spiro atoms. The van der Waals surface area contributed by atoms with Gasteiger partial charge in [0.15, 0.2) is 0 Å². The van der Waals surface area contributed by atoms with Crippen molar-refractivity contribution in [1.29, 1.82) is 0 Å². The molecule has 0 radical (unpaired) electrons. The van der Waals surface area contributed by atoms with Crippen molar-refractivity contribution in [2.24, 2.45) is 5.92 Å². The molecule has 1 atom stereocenters. The van der Waals surface area contributed by atoms with E-state index in [-0.39, 0.29) is 5.56 Å². The zero-order valence-electron chi connectivity index (χ0n) is 9.15. The van der Waals surface area contributed by atoms with E-state index in [1.165, 1.54) is 12.8 Å². The molecule has 3 heteroatoms. The second-order valence-corrected chi connectivity index (χ2v) is 4.31. The summed E-state index contributed by atoms with van der Waals surface area (Å²) in [7, 11) is 0. The van der Waals surface area contributed by atoms with Crippen molar-refractivity contribution in [1.82, 2.24) is 9.88 Å². The first-order chi connectivity index (χ1) is 7.27. The third-order valence-corrected chi connectivity index (χ3v) is 3.05. The van der Waals surface area contributed by atoms with Crippen LogP contribution < -0.4 is 10.9 Å². The number of nitrogens with zero attached hydrogens (tertiary/aromatic N) is 1. The van der Waals surface area contributed by atoms with Crippen LogP contribution in [-0.2, 0) is 6.54 Å². The molecular formula is C12H18N2O. The minimum atomic E-state index is 0.0818. The summed E-state index contributed by atoms with van der Waals surface area (Å²) in [4.78, 5) is 11.4. The molecule has 0 aromatic carbocycles. The summed E-state index contributed by atoms with van der Waals surface area (Å²) in [6.07, 6.45) is 4.56. The molecule has 1 aromatic heterocycles. The van der Waals surface area contributed by atoms with E-state index in [0.717, 1.165) is 19.0 Å². The van der Waals surface area contributed by atoms with Crippen LogP contribution in [0, 0.1) is 5.92 Å². The van der Waals surface area contributed by atoms with Crippen LogP contribution in [0.1, 0.15) is 19.8 Å². The molecule has 3 nitrogen and oxygen atoms in total. The SMILES string of the molecule is CC(NCCn1ccccc1=O)C1CC1. The fourth-order valence-electron chi connectivity index (χ4n) is 1.82. The van der Waals surface area contributed by atoms with Gasteiger partial charge in [0.05, 0.1) is 0 Å². The van der Waals surface area contributed by atoms with Crippen molar-refractivity contribution < 1.29 is 0 Å². The number of nitrogens with one attached hydrogen (secondary N) is 1. The largest absolute Gasteiger partial charge is 0.314 e.